The lowest BCUT2D eigenvalue weighted by Gasteiger charge is -2.17. The van der Waals surface area contributed by atoms with Gasteiger partial charge in [0.15, 0.2) is 5.82 Å². The maximum absolute atomic E-state index is 14.0. The van der Waals surface area contributed by atoms with Gasteiger partial charge in [-0.3, -0.25) is 4.98 Å². The van der Waals surface area contributed by atoms with E-state index >= 15 is 0 Å². The van der Waals surface area contributed by atoms with Crippen molar-refractivity contribution < 1.29 is 9.50 Å². The molecule has 0 aliphatic heterocycles. The van der Waals surface area contributed by atoms with E-state index in [2.05, 4.69) is 25.3 Å². The summed E-state index contributed by atoms with van der Waals surface area (Å²) in [6, 6.07) is 9.51. The molecule has 0 saturated heterocycles. The highest BCUT2D eigenvalue weighted by atomic mass is 19.1. The number of nitrogens with one attached hydrogen (secondary N) is 1. The standard InChI is InChI=1S/C17H17FN6O/c1-17(2,25)13-9-10(7-8-20-13)21-16-23-14(22-15(19)24-16)11-5-3-4-6-12(11)18/h3-9,25H,1-2H3,(H3,19,20,21,22,23,24). The van der Waals surface area contributed by atoms with Gasteiger partial charge in [0.2, 0.25) is 11.9 Å². The monoisotopic (exact) mass is 340 g/mol. The molecule has 3 rings (SSSR count). The Balaban J connectivity index is 1.96. The molecule has 2 aromatic heterocycles. The number of anilines is 3. The van der Waals surface area contributed by atoms with Gasteiger partial charge in [0.25, 0.3) is 0 Å². The summed E-state index contributed by atoms with van der Waals surface area (Å²) < 4.78 is 14.0. The Kier molecular flexibility index (Phi) is 4.28. The Bertz CT molecular complexity index is 910. The zero-order valence-corrected chi connectivity index (χ0v) is 13.7. The van der Waals surface area contributed by atoms with Crippen LogP contribution in [0.15, 0.2) is 42.6 Å². The molecule has 0 aliphatic carbocycles. The number of halogens is 1. The van der Waals surface area contributed by atoms with Crippen LogP contribution in [0.1, 0.15) is 19.5 Å². The van der Waals surface area contributed by atoms with Crippen LogP contribution < -0.4 is 11.1 Å². The van der Waals surface area contributed by atoms with E-state index in [1.165, 1.54) is 6.07 Å². The number of aromatic nitrogens is 4. The second-order valence-corrected chi connectivity index (χ2v) is 5.93. The van der Waals surface area contributed by atoms with Gasteiger partial charge in [-0.25, -0.2) is 4.39 Å². The van der Waals surface area contributed by atoms with Gasteiger partial charge in [-0.05, 0) is 38.1 Å². The largest absolute Gasteiger partial charge is 0.384 e. The first-order valence-electron chi connectivity index (χ1n) is 7.55. The minimum absolute atomic E-state index is 0.0347. The van der Waals surface area contributed by atoms with Crippen molar-refractivity contribution in [2.24, 2.45) is 0 Å². The molecule has 0 saturated carbocycles. The minimum atomic E-state index is -1.09. The van der Waals surface area contributed by atoms with E-state index in [1.807, 2.05) is 0 Å². The van der Waals surface area contributed by atoms with Gasteiger partial charge in [-0.2, -0.15) is 15.0 Å². The number of pyridine rings is 1. The Morgan fingerprint density at radius 1 is 1.12 bits per heavy atom. The average Bonchev–Trinajstić information content (AvgIpc) is 2.54. The average molecular weight is 340 g/mol. The highest BCUT2D eigenvalue weighted by Crippen LogP contribution is 2.24. The van der Waals surface area contributed by atoms with Crippen molar-refractivity contribution in [2.75, 3.05) is 11.1 Å². The Morgan fingerprint density at radius 2 is 1.88 bits per heavy atom. The third kappa shape index (κ3) is 3.86. The fourth-order valence-corrected chi connectivity index (χ4v) is 2.18. The summed E-state index contributed by atoms with van der Waals surface area (Å²) in [5.74, 6) is -0.191. The molecular formula is C17H17FN6O. The molecule has 3 aromatic rings. The van der Waals surface area contributed by atoms with Crippen LogP contribution in [0, 0.1) is 5.82 Å². The normalized spacial score (nSPS) is 11.4. The number of nitrogens with zero attached hydrogens (tertiary/aromatic N) is 4. The van der Waals surface area contributed by atoms with Crippen LogP contribution >= 0.6 is 0 Å². The lowest BCUT2D eigenvalue weighted by Crippen LogP contribution is -2.17. The summed E-state index contributed by atoms with van der Waals surface area (Å²) >= 11 is 0. The number of nitrogens with two attached hydrogens (primary N) is 1. The number of hydrogen-bond acceptors (Lipinski definition) is 7. The summed E-state index contributed by atoms with van der Waals surface area (Å²) in [7, 11) is 0. The van der Waals surface area contributed by atoms with Crippen molar-refractivity contribution in [2.45, 2.75) is 19.4 Å². The summed E-state index contributed by atoms with van der Waals surface area (Å²) in [5.41, 5.74) is 5.95. The first-order chi connectivity index (χ1) is 11.8. The quantitative estimate of drug-likeness (QED) is 0.669. The number of hydrogen-bond donors (Lipinski definition) is 3. The van der Waals surface area contributed by atoms with Crippen LogP contribution in [0.5, 0.6) is 0 Å². The SMILES string of the molecule is CC(C)(O)c1cc(Nc2nc(N)nc(-c3ccccc3F)n2)ccn1. The molecule has 0 atom stereocenters. The highest BCUT2D eigenvalue weighted by molar-refractivity contribution is 5.61. The van der Waals surface area contributed by atoms with Crippen molar-refractivity contribution >= 4 is 17.6 Å². The predicted molar refractivity (Wildman–Crippen MR) is 92.4 cm³/mol. The maximum Gasteiger partial charge on any atom is 0.232 e. The third-order valence-corrected chi connectivity index (χ3v) is 3.41. The van der Waals surface area contributed by atoms with Crippen LogP contribution in [-0.2, 0) is 5.60 Å². The minimum Gasteiger partial charge on any atom is -0.384 e. The van der Waals surface area contributed by atoms with Crippen molar-refractivity contribution in [3.63, 3.8) is 0 Å². The molecule has 25 heavy (non-hydrogen) atoms. The summed E-state index contributed by atoms with van der Waals surface area (Å²) in [4.78, 5) is 16.3. The number of benzene rings is 1. The van der Waals surface area contributed by atoms with Crippen LogP contribution in [0.3, 0.4) is 0 Å². The summed E-state index contributed by atoms with van der Waals surface area (Å²) in [6.45, 7) is 3.27. The van der Waals surface area contributed by atoms with Crippen LogP contribution in [-0.4, -0.2) is 25.0 Å². The fourth-order valence-electron chi connectivity index (χ4n) is 2.18. The van der Waals surface area contributed by atoms with E-state index in [9.17, 15) is 9.50 Å². The first kappa shape index (κ1) is 16.7. The van der Waals surface area contributed by atoms with E-state index in [1.54, 1.807) is 50.4 Å². The van der Waals surface area contributed by atoms with Gasteiger partial charge in [0.1, 0.15) is 11.4 Å². The number of rotatable bonds is 4. The van der Waals surface area contributed by atoms with Gasteiger partial charge in [0, 0.05) is 11.9 Å². The molecule has 0 bridgehead atoms. The van der Waals surface area contributed by atoms with Crippen molar-refractivity contribution in [1.29, 1.82) is 0 Å². The molecule has 0 unspecified atom stereocenters. The zero-order chi connectivity index (χ0) is 18.0. The maximum atomic E-state index is 14.0. The van der Waals surface area contributed by atoms with Gasteiger partial charge in [-0.15, -0.1) is 0 Å². The van der Waals surface area contributed by atoms with Gasteiger partial charge in [0.05, 0.1) is 11.3 Å². The zero-order valence-electron chi connectivity index (χ0n) is 13.7. The molecule has 0 fully saturated rings. The second kappa shape index (κ2) is 6.40. The molecule has 1 aromatic carbocycles. The first-order valence-corrected chi connectivity index (χ1v) is 7.55. The van der Waals surface area contributed by atoms with E-state index in [4.69, 9.17) is 5.73 Å². The molecule has 0 amide bonds. The molecule has 0 spiro atoms. The molecule has 2 heterocycles. The lowest BCUT2D eigenvalue weighted by molar-refractivity contribution is 0.0739. The van der Waals surface area contributed by atoms with Crippen LogP contribution in [0.4, 0.5) is 22.0 Å². The van der Waals surface area contributed by atoms with E-state index in [-0.39, 0.29) is 23.3 Å². The van der Waals surface area contributed by atoms with Crippen LogP contribution in [0.25, 0.3) is 11.4 Å². The van der Waals surface area contributed by atoms with E-state index in [0.29, 0.717) is 11.4 Å². The van der Waals surface area contributed by atoms with Crippen molar-refractivity contribution in [1.82, 2.24) is 19.9 Å². The van der Waals surface area contributed by atoms with Gasteiger partial charge in [-0.1, -0.05) is 12.1 Å². The predicted octanol–water partition coefficient (Wildman–Crippen LogP) is 2.63. The van der Waals surface area contributed by atoms with Gasteiger partial charge < -0.3 is 16.2 Å². The molecular weight excluding hydrogens is 323 g/mol. The smallest absolute Gasteiger partial charge is 0.232 e. The Hall–Kier alpha value is -3.13. The highest BCUT2D eigenvalue weighted by Gasteiger charge is 2.18. The van der Waals surface area contributed by atoms with E-state index in [0.717, 1.165) is 0 Å². The molecule has 128 valence electrons. The second-order valence-electron chi connectivity index (χ2n) is 5.93. The Morgan fingerprint density at radius 3 is 2.60 bits per heavy atom. The lowest BCUT2D eigenvalue weighted by atomic mass is 10.0. The van der Waals surface area contributed by atoms with Crippen molar-refractivity contribution in [3.05, 3.63) is 54.1 Å². The van der Waals surface area contributed by atoms with Crippen LogP contribution in [0.2, 0.25) is 0 Å². The van der Waals surface area contributed by atoms with E-state index < -0.39 is 11.4 Å². The fraction of sp³-hybridized carbons (Fsp3) is 0.176. The molecule has 0 radical (unpaired) electrons. The molecule has 0 aliphatic rings. The van der Waals surface area contributed by atoms with Gasteiger partial charge >= 0.3 is 0 Å². The molecule has 4 N–H and O–H groups in total. The number of nitrogen functional groups attached to an aromatic ring is 1. The molecule has 7 nitrogen and oxygen atoms in total. The summed E-state index contributed by atoms with van der Waals surface area (Å²) in [5, 5.41) is 13.0. The molecule has 8 heteroatoms. The van der Waals surface area contributed by atoms with Crippen molar-refractivity contribution in [3.8, 4) is 11.4 Å². The summed E-state index contributed by atoms with van der Waals surface area (Å²) in [6.07, 6.45) is 1.55. The topological polar surface area (TPSA) is 110 Å². The third-order valence-electron chi connectivity index (χ3n) is 3.41. The number of aliphatic hydroxyl groups is 1. The Labute approximate surface area is 143 Å².